The maximum absolute atomic E-state index is 12.6. The van der Waals surface area contributed by atoms with Crippen molar-refractivity contribution in [2.24, 2.45) is 0 Å². The normalized spacial score (nSPS) is 14.7. The maximum Gasteiger partial charge on any atom is 0.263 e. The average molecular weight is 385 g/mol. The number of anilines is 1. The number of carbonyl (C=O) groups excluding carboxylic acids is 1. The Balaban J connectivity index is 1.44. The second-order valence-electron chi connectivity index (χ2n) is 7.38. The number of imidazole rings is 1. The standard InChI is InChI=1S/C23H23N5O/c1-15(17-7-6-16-4-2-3-5-18(16)10-17)28-23(29)19(12-24)13-25-20-8-9-21-22(11-20)27-14-26-21/h6-11,13-15,25H,2-5H2,1H3,(H,26,27)(H,28,29)/b19-13-. The van der Waals surface area contributed by atoms with Gasteiger partial charge in [0.25, 0.3) is 5.91 Å². The number of rotatable bonds is 5. The molecule has 0 fully saturated rings. The van der Waals surface area contributed by atoms with Crippen LogP contribution in [0.2, 0.25) is 0 Å². The number of hydrogen-bond acceptors (Lipinski definition) is 4. The van der Waals surface area contributed by atoms with Crippen LogP contribution in [-0.4, -0.2) is 15.9 Å². The molecule has 0 saturated carbocycles. The monoisotopic (exact) mass is 385 g/mol. The molecule has 0 bridgehead atoms. The summed E-state index contributed by atoms with van der Waals surface area (Å²) >= 11 is 0. The van der Waals surface area contributed by atoms with Crippen LogP contribution >= 0.6 is 0 Å². The highest BCUT2D eigenvalue weighted by atomic mass is 16.1. The van der Waals surface area contributed by atoms with Gasteiger partial charge in [0.2, 0.25) is 0 Å². The summed E-state index contributed by atoms with van der Waals surface area (Å²) in [7, 11) is 0. The van der Waals surface area contributed by atoms with Crippen LogP contribution in [-0.2, 0) is 17.6 Å². The van der Waals surface area contributed by atoms with Crippen molar-refractivity contribution in [2.75, 3.05) is 5.32 Å². The Morgan fingerprint density at radius 2 is 2.03 bits per heavy atom. The summed E-state index contributed by atoms with van der Waals surface area (Å²) < 4.78 is 0. The Hall–Kier alpha value is -3.59. The third-order valence-corrected chi connectivity index (χ3v) is 5.39. The summed E-state index contributed by atoms with van der Waals surface area (Å²) in [6.07, 6.45) is 7.75. The zero-order valence-electron chi connectivity index (χ0n) is 16.3. The Bertz CT molecular complexity index is 1120. The molecule has 0 radical (unpaired) electrons. The quantitative estimate of drug-likeness (QED) is 0.454. The van der Waals surface area contributed by atoms with Crippen molar-refractivity contribution in [2.45, 2.75) is 38.6 Å². The number of aryl methyl sites for hydroxylation is 2. The fraction of sp³-hybridized carbons (Fsp3) is 0.261. The number of aromatic amines is 1. The molecule has 1 aromatic heterocycles. The first-order chi connectivity index (χ1) is 14.1. The van der Waals surface area contributed by atoms with E-state index in [0.29, 0.717) is 0 Å². The fourth-order valence-electron chi connectivity index (χ4n) is 3.71. The van der Waals surface area contributed by atoms with E-state index in [-0.39, 0.29) is 11.6 Å². The molecule has 1 amide bonds. The summed E-state index contributed by atoms with van der Waals surface area (Å²) in [6.45, 7) is 1.94. The minimum Gasteiger partial charge on any atom is -0.360 e. The lowest BCUT2D eigenvalue weighted by atomic mass is 9.89. The van der Waals surface area contributed by atoms with Crippen LogP contribution in [0.15, 0.2) is 54.5 Å². The van der Waals surface area contributed by atoms with Gasteiger partial charge in [-0.3, -0.25) is 4.79 Å². The first-order valence-electron chi connectivity index (χ1n) is 9.86. The molecule has 4 rings (SSSR count). The Labute approximate surface area is 169 Å². The van der Waals surface area contributed by atoms with Gasteiger partial charge in [-0.05, 0) is 67.5 Å². The van der Waals surface area contributed by atoms with Crippen LogP contribution in [0.25, 0.3) is 11.0 Å². The number of aromatic nitrogens is 2. The van der Waals surface area contributed by atoms with Gasteiger partial charge in [0.1, 0.15) is 11.6 Å². The number of fused-ring (bicyclic) bond motifs is 2. The lowest BCUT2D eigenvalue weighted by molar-refractivity contribution is -0.117. The van der Waals surface area contributed by atoms with Gasteiger partial charge in [-0.1, -0.05) is 18.2 Å². The number of amides is 1. The second kappa shape index (κ2) is 8.19. The van der Waals surface area contributed by atoms with E-state index >= 15 is 0 Å². The molecular formula is C23H23N5O. The van der Waals surface area contributed by atoms with E-state index in [1.165, 1.54) is 30.2 Å². The third-order valence-electron chi connectivity index (χ3n) is 5.39. The Morgan fingerprint density at radius 3 is 2.86 bits per heavy atom. The molecule has 0 aliphatic heterocycles. The van der Waals surface area contributed by atoms with Crippen molar-refractivity contribution in [1.29, 1.82) is 5.26 Å². The second-order valence-corrected chi connectivity index (χ2v) is 7.38. The molecule has 0 spiro atoms. The summed E-state index contributed by atoms with van der Waals surface area (Å²) in [5.41, 5.74) is 6.39. The topological polar surface area (TPSA) is 93.6 Å². The molecule has 0 saturated heterocycles. The summed E-state index contributed by atoms with van der Waals surface area (Å²) in [6, 6.07) is 13.8. The molecular weight excluding hydrogens is 362 g/mol. The molecule has 3 N–H and O–H groups in total. The number of benzene rings is 2. The highest BCUT2D eigenvalue weighted by Crippen LogP contribution is 2.25. The van der Waals surface area contributed by atoms with E-state index in [1.54, 1.807) is 6.33 Å². The van der Waals surface area contributed by atoms with E-state index in [0.717, 1.165) is 35.1 Å². The number of H-pyrrole nitrogens is 1. The zero-order chi connectivity index (χ0) is 20.2. The van der Waals surface area contributed by atoms with Crippen molar-refractivity contribution in [3.05, 3.63) is 71.2 Å². The van der Waals surface area contributed by atoms with Gasteiger partial charge >= 0.3 is 0 Å². The first kappa shape index (κ1) is 18.8. The SMILES string of the molecule is CC(NC(=O)/C(C#N)=C\Nc1ccc2nc[nH]c2c1)c1ccc2c(c1)CCCC2. The van der Waals surface area contributed by atoms with Crippen LogP contribution in [0.3, 0.4) is 0 Å². The van der Waals surface area contributed by atoms with Gasteiger partial charge in [0, 0.05) is 11.9 Å². The Morgan fingerprint density at radius 1 is 1.21 bits per heavy atom. The predicted molar refractivity (Wildman–Crippen MR) is 113 cm³/mol. The Kier molecular flexibility index (Phi) is 5.30. The maximum atomic E-state index is 12.6. The van der Waals surface area contributed by atoms with Gasteiger partial charge < -0.3 is 15.6 Å². The zero-order valence-corrected chi connectivity index (χ0v) is 16.3. The van der Waals surface area contributed by atoms with Crippen LogP contribution in [0, 0.1) is 11.3 Å². The third kappa shape index (κ3) is 4.14. The number of nitrogens with one attached hydrogen (secondary N) is 3. The van der Waals surface area contributed by atoms with Gasteiger partial charge in [-0.2, -0.15) is 5.26 Å². The van der Waals surface area contributed by atoms with E-state index in [4.69, 9.17) is 0 Å². The smallest absolute Gasteiger partial charge is 0.263 e. The van der Waals surface area contributed by atoms with Crippen LogP contribution < -0.4 is 10.6 Å². The molecule has 1 heterocycles. The molecule has 1 aliphatic carbocycles. The summed E-state index contributed by atoms with van der Waals surface area (Å²) in [4.78, 5) is 19.8. The number of nitriles is 1. The molecule has 3 aromatic rings. The van der Waals surface area contributed by atoms with Crippen molar-refractivity contribution >= 4 is 22.6 Å². The molecule has 1 aliphatic rings. The van der Waals surface area contributed by atoms with E-state index in [9.17, 15) is 10.1 Å². The van der Waals surface area contributed by atoms with Crippen LogP contribution in [0.4, 0.5) is 5.69 Å². The minimum absolute atomic E-state index is 0.0273. The van der Waals surface area contributed by atoms with Gasteiger partial charge in [0.15, 0.2) is 0 Å². The van der Waals surface area contributed by atoms with Crippen molar-refractivity contribution in [1.82, 2.24) is 15.3 Å². The first-order valence-corrected chi connectivity index (χ1v) is 9.86. The average Bonchev–Trinajstić information content (AvgIpc) is 3.21. The number of nitrogens with zero attached hydrogens (tertiary/aromatic N) is 2. The molecule has 1 unspecified atom stereocenters. The van der Waals surface area contributed by atoms with Gasteiger partial charge in [-0.15, -0.1) is 0 Å². The van der Waals surface area contributed by atoms with Gasteiger partial charge in [-0.25, -0.2) is 4.98 Å². The summed E-state index contributed by atoms with van der Waals surface area (Å²) in [5, 5.41) is 15.4. The minimum atomic E-state index is -0.396. The molecule has 1 atom stereocenters. The van der Waals surface area contributed by atoms with E-state index in [1.807, 2.05) is 31.2 Å². The van der Waals surface area contributed by atoms with Crippen molar-refractivity contribution < 1.29 is 4.79 Å². The van der Waals surface area contributed by atoms with Crippen LogP contribution in [0.5, 0.6) is 0 Å². The molecule has 6 heteroatoms. The van der Waals surface area contributed by atoms with Gasteiger partial charge in [0.05, 0.1) is 23.4 Å². The highest BCUT2D eigenvalue weighted by Gasteiger charge is 2.16. The van der Waals surface area contributed by atoms with E-state index in [2.05, 4.69) is 38.8 Å². The lowest BCUT2D eigenvalue weighted by Gasteiger charge is -2.20. The largest absolute Gasteiger partial charge is 0.360 e. The van der Waals surface area contributed by atoms with Crippen molar-refractivity contribution in [3.63, 3.8) is 0 Å². The molecule has 2 aromatic carbocycles. The highest BCUT2D eigenvalue weighted by molar-refractivity contribution is 5.97. The number of hydrogen-bond donors (Lipinski definition) is 3. The van der Waals surface area contributed by atoms with Crippen LogP contribution in [0.1, 0.15) is 42.5 Å². The molecule has 146 valence electrons. The molecule has 29 heavy (non-hydrogen) atoms. The van der Waals surface area contributed by atoms with E-state index < -0.39 is 5.91 Å². The molecule has 6 nitrogen and oxygen atoms in total. The lowest BCUT2D eigenvalue weighted by Crippen LogP contribution is -2.28. The number of carbonyl (C=O) groups is 1. The van der Waals surface area contributed by atoms with Crippen molar-refractivity contribution in [3.8, 4) is 6.07 Å². The fourth-order valence-corrected chi connectivity index (χ4v) is 3.71. The summed E-state index contributed by atoms with van der Waals surface area (Å²) in [5.74, 6) is -0.396. The predicted octanol–water partition coefficient (Wildman–Crippen LogP) is 4.14.